The Morgan fingerprint density at radius 1 is 1.08 bits per heavy atom. The van der Waals surface area contributed by atoms with Crippen LogP contribution in [0.1, 0.15) is 45.4 Å². The highest BCUT2D eigenvalue weighted by Crippen LogP contribution is 2.29. The van der Waals surface area contributed by atoms with Gasteiger partial charge >= 0.3 is 5.69 Å². The largest absolute Gasteiger partial charge is 0.457 e. The summed E-state index contributed by atoms with van der Waals surface area (Å²) in [4.78, 5) is 22.8. The summed E-state index contributed by atoms with van der Waals surface area (Å²) in [6, 6.07) is 9.43. The fourth-order valence-corrected chi connectivity index (χ4v) is 4.87. The molecule has 1 unspecified atom stereocenters. The molecule has 1 atom stereocenters. The Bertz CT molecular complexity index is 1360. The zero-order valence-electron chi connectivity index (χ0n) is 21.5. The van der Waals surface area contributed by atoms with Gasteiger partial charge in [0.15, 0.2) is 11.5 Å². The van der Waals surface area contributed by atoms with E-state index in [-0.39, 0.29) is 11.5 Å². The van der Waals surface area contributed by atoms with Crippen LogP contribution in [0.5, 0.6) is 5.75 Å². The summed E-state index contributed by atoms with van der Waals surface area (Å²) in [7, 11) is 0. The second-order valence-electron chi connectivity index (χ2n) is 9.56. The third-order valence-electron chi connectivity index (χ3n) is 6.83. The molecule has 0 amide bonds. The number of benzene rings is 1. The molecule has 4 rings (SSSR count). The number of para-hydroxylation sites is 1. The summed E-state index contributed by atoms with van der Waals surface area (Å²) in [6.07, 6.45) is 14.7. The van der Waals surface area contributed by atoms with Crippen LogP contribution in [-0.4, -0.2) is 32.2 Å². The van der Waals surface area contributed by atoms with Gasteiger partial charge in [-0.2, -0.15) is 0 Å². The van der Waals surface area contributed by atoms with Gasteiger partial charge < -0.3 is 15.8 Å². The molecule has 8 nitrogen and oxygen atoms in total. The number of allylic oxidation sites excluding steroid dienone is 5. The summed E-state index contributed by atoms with van der Waals surface area (Å²) in [5.74, 6) is 1.44. The molecule has 1 saturated heterocycles. The average Bonchev–Trinajstić information content (AvgIpc) is 3.22. The number of ether oxygens (including phenoxy) is 1. The highest BCUT2D eigenvalue weighted by molar-refractivity contribution is 5.87. The monoisotopic (exact) mass is 500 g/mol. The van der Waals surface area contributed by atoms with Gasteiger partial charge in [0, 0.05) is 6.54 Å². The second kappa shape index (κ2) is 11.9. The minimum Gasteiger partial charge on any atom is -0.457 e. The van der Waals surface area contributed by atoms with Crippen molar-refractivity contribution in [3.63, 3.8) is 0 Å². The van der Waals surface area contributed by atoms with Crippen LogP contribution < -0.4 is 21.5 Å². The molecule has 0 radical (unpaired) electrons. The van der Waals surface area contributed by atoms with Crippen LogP contribution in [0, 0.1) is 0 Å². The zero-order valence-corrected chi connectivity index (χ0v) is 21.5. The average molecular weight is 501 g/mol. The Labute approximate surface area is 217 Å². The Morgan fingerprint density at radius 2 is 1.84 bits per heavy atom. The summed E-state index contributed by atoms with van der Waals surface area (Å²) in [5.41, 5.74) is 7.13. The Hall–Kier alpha value is -3.91. The van der Waals surface area contributed by atoms with Crippen molar-refractivity contribution in [3.05, 3.63) is 90.4 Å². The van der Waals surface area contributed by atoms with E-state index in [0.717, 1.165) is 32.2 Å². The summed E-state index contributed by atoms with van der Waals surface area (Å²) in [5, 5.41) is 3.56. The first kappa shape index (κ1) is 26.2. The lowest BCUT2D eigenvalue weighted by Gasteiger charge is -2.32. The van der Waals surface area contributed by atoms with Crippen molar-refractivity contribution in [1.29, 1.82) is 0 Å². The van der Waals surface area contributed by atoms with Crippen LogP contribution >= 0.6 is 0 Å². The Kier molecular flexibility index (Phi) is 8.40. The fourth-order valence-electron chi connectivity index (χ4n) is 4.87. The minimum absolute atomic E-state index is 0.229. The van der Waals surface area contributed by atoms with E-state index in [1.165, 1.54) is 19.2 Å². The maximum Gasteiger partial charge on any atom is 0.335 e. The topological polar surface area (TPSA) is 100.0 Å². The number of nitrogens with two attached hydrogens (primary N) is 1. The SMILES string of the molecule is C=C/C(=C\C=C(/C=C)n1c(=O)n(C2(C)CCCCCCCNC2)c2ncnc(N)c21)Oc1ccccc1. The molecule has 194 valence electrons. The number of nitrogens with zero attached hydrogens (tertiary/aromatic N) is 4. The summed E-state index contributed by atoms with van der Waals surface area (Å²) < 4.78 is 9.24. The van der Waals surface area contributed by atoms with Gasteiger partial charge in [-0.1, -0.05) is 57.0 Å². The van der Waals surface area contributed by atoms with E-state index in [1.54, 1.807) is 33.4 Å². The van der Waals surface area contributed by atoms with Crippen molar-refractivity contribution < 1.29 is 4.74 Å². The predicted molar refractivity (Wildman–Crippen MR) is 150 cm³/mol. The molecule has 0 aliphatic carbocycles. The number of hydrogen-bond donors (Lipinski definition) is 2. The smallest absolute Gasteiger partial charge is 0.335 e. The molecule has 8 heteroatoms. The molecule has 1 aromatic carbocycles. The molecule has 1 fully saturated rings. The molecule has 37 heavy (non-hydrogen) atoms. The van der Waals surface area contributed by atoms with Crippen molar-refractivity contribution in [2.45, 2.75) is 51.0 Å². The van der Waals surface area contributed by atoms with Crippen LogP contribution in [-0.2, 0) is 5.54 Å². The number of nitrogen functional groups attached to an aromatic ring is 1. The molecule has 0 spiro atoms. The molecule has 1 aliphatic heterocycles. The van der Waals surface area contributed by atoms with Crippen molar-refractivity contribution >= 4 is 22.7 Å². The summed E-state index contributed by atoms with van der Waals surface area (Å²) in [6.45, 7) is 11.5. The van der Waals surface area contributed by atoms with E-state index in [4.69, 9.17) is 10.5 Å². The van der Waals surface area contributed by atoms with Gasteiger partial charge in [-0.3, -0.25) is 9.13 Å². The molecule has 1 aliphatic rings. The van der Waals surface area contributed by atoms with Gasteiger partial charge in [0.2, 0.25) is 0 Å². The third kappa shape index (κ3) is 5.75. The molecule has 3 N–H and O–H groups in total. The number of imidazole rings is 1. The third-order valence-corrected chi connectivity index (χ3v) is 6.83. The standard InChI is InChI=1S/C29H36N6O2/c1-4-22(16-17-23(5-2)37-24-14-10-9-11-15-24)34-25-26(30)32-21-33-27(25)35(28(34)36)29(3)18-12-7-6-8-13-19-31-20-29/h4-5,9-11,14-17,21,31H,1-2,6-8,12-13,18-20H2,3H3,(H2,30,32,33)/b22-16+,23-17+. The minimum atomic E-state index is -0.483. The van der Waals surface area contributed by atoms with Crippen LogP contribution in [0.15, 0.2) is 84.7 Å². The Morgan fingerprint density at radius 3 is 2.59 bits per heavy atom. The van der Waals surface area contributed by atoms with E-state index in [9.17, 15) is 4.79 Å². The number of fused-ring (bicyclic) bond motifs is 1. The number of aromatic nitrogens is 4. The number of nitrogens with one attached hydrogen (secondary N) is 1. The van der Waals surface area contributed by atoms with E-state index in [0.29, 0.717) is 34.9 Å². The van der Waals surface area contributed by atoms with Crippen molar-refractivity contribution in [2.75, 3.05) is 18.8 Å². The lowest BCUT2D eigenvalue weighted by atomic mass is 9.92. The van der Waals surface area contributed by atoms with Gasteiger partial charge in [-0.15, -0.1) is 0 Å². The molecule has 3 heterocycles. The highest BCUT2D eigenvalue weighted by Gasteiger charge is 2.33. The van der Waals surface area contributed by atoms with E-state index >= 15 is 0 Å². The quantitative estimate of drug-likeness (QED) is 0.349. The number of anilines is 1. The van der Waals surface area contributed by atoms with Gasteiger partial charge in [0.25, 0.3) is 0 Å². The van der Waals surface area contributed by atoms with Gasteiger partial charge in [0.05, 0.1) is 11.2 Å². The normalized spacial score (nSPS) is 19.9. The molecular formula is C29H36N6O2. The number of hydrogen-bond acceptors (Lipinski definition) is 6. The lowest BCUT2D eigenvalue weighted by molar-refractivity contribution is 0.260. The molecule has 3 aromatic rings. The van der Waals surface area contributed by atoms with Crippen LogP contribution in [0.2, 0.25) is 0 Å². The zero-order chi connectivity index (χ0) is 26.3. The fraction of sp³-hybridized carbons (Fsp3) is 0.345. The summed E-state index contributed by atoms with van der Waals surface area (Å²) >= 11 is 0. The lowest BCUT2D eigenvalue weighted by Crippen LogP contribution is -2.46. The van der Waals surface area contributed by atoms with Crippen LogP contribution in [0.3, 0.4) is 0 Å². The van der Waals surface area contributed by atoms with E-state index in [2.05, 4.69) is 35.4 Å². The van der Waals surface area contributed by atoms with Gasteiger partial charge in [-0.25, -0.2) is 14.8 Å². The highest BCUT2D eigenvalue weighted by atomic mass is 16.5. The first-order chi connectivity index (χ1) is 18.0. The number of rotatable bonds is 7. The van der Waals surface area contributed by atoms with Gasteiger partial charge in [-0.05, 0) is 62.7 Å². The van der Waals surface area contributed by atoms with Crippen LogP contribution in [0.4, 0.5) is 5.82 Å². The molecule has 0 saturated carbocycles. The molecule has 2 aromatic heterocycles. The maximum absolute atomic E-state index is 14.1. The second-order valence-corrected chi connectivity index (χ2v) is 9.56. The predicted octanol–water partition coefficient (Wildman–Crippen LogP) is 5.01. The van der Waals surface area contributed by atoms with Crippen molar-refractivity contribution in [2.24, 2.45) is 0 Å². The first-order valence-corrected chi connectivity index (χ1v) is 12.8. The van der Waals surface area contributed by atoms with Crippen molar-refractivity contribution in [3.8, 4) is 5.75 Å². The maximum atomic E-state index is 14.1. The van der Waals surface area contributed by atoms with Crippen LogP contribution in [0.25, 0.3) is 16.9 Å². The van der Waals surface area contributed by atoms with Crippen molar-refractivity contribution in [1.82, 2.24) is 24.4 Å². The van der Waals surface area contributed by atoms with E-state index < -0.39 is 5.54 Å². The van der Waals surface area contributed by atoms with E-state index in [1.807, 2.05) is 30.3 Å². The molecular weight excluding hydrogens is 464 g/mol. The Balaban J connectivity index is 1.83. The van der Waals surface area contributed by atoms with Gasteiger partial charge in [0.1, 0.15) is 23.4 Å². The molecule has 0 bridgehead atoms. The first-order valence-electron chi connectivity index (χ1n) is 12.8.